The van der Waals surface area contributed by atoms with Gasteiger partial charge in [0.2, 0.25) is 0 Å². The van der Waals surface area contributed by atoms with Gasteiger partial charge in [-0.1, -0.05) is 17.7 Å². The molecule has 1 rings (SSSR count). The fraction of sp³-hybridized carbons (Fsp3) is 0.467. The summed E-state index contributed by atoms with van der Waals surface area (Å²) >= 11 is 0. The van der Waals surface area contributed by atoms with Crippen molar-refractivity contribution in [1.29, 1.82) is 0 Å². The summed E-state index contributed by atoms with van der Waals surface area (Å²) in [5, 5.41) is 3.23. The molecule has 0 atom stereocenters. The normalized spacial score (nSPS) is 11.9. The van der Waals surface area contributed by atoms with Gasteiger partial charge in [-0.2, -0.15) is 0 Å². The number of ether oxygens (including phenoxy) is 1. The van der Waals surface area contributed by atoms with Gasteiger partial charge in [-0.25, -0.2) is 8.78 Å². The standard InChI is InChI=1S/C15H21F2NO/c1-12(4-3-7-18-8-9-19-2)10-13-5-6-14(16)11-15(13)17/h4-6,11,18H,3,7-10H2,1-2H3. The Kier molecular flexibility index (Phi) is 7.30. The molecule has 0 bridgehead atoms. The molecule has 1 aromatic carbocycles. The predicted molar refractivity (Wildman–Crippen MR) is 73.2 cm³/mol. The van der Waals surface area contributed by atoms with Gasteiger partial charge in [0.25, 0.3) is 0 Å². The molecule has 0 aliphatic carbocycles. The van der Waals surface area contributed by atoms with Crippen molar-refractivity contribution in [3.05, 3.63) is 47.0 Å². The minimum absolute atomic E-state index is 0.481. The first-order valence-electron chi connectivity index (χ1n) is 6.42. The molecule has 0 aliphatic rings. The molecule has 1 aromatic rings. The van der Waals surface area contributed by atoms with Crippen molar-refractivity contribution in [2.45, 2.75) is 19.8 Å². The fourth-order valence-corrected chi connectivity index (χ4v) is 1.76. The van der Waals surface area contributed by atoms with E-state index in [1.165, 1.54) is 12.1 Å². The molecule has 0 heterocycles. The highest BCUT2D eigenvalue weighted by Crippen LogP contribution is 2.14. The first-order valence-corrected chi connectivity index (χ1v) is 6.42. The molecule has 0 aromatic heterocycles. The number of hydrogen-bond acceptors (Lipinski definition) is 2. The predicted octanol–water partition coefficient (Wildman–Crippen LogP) is 3.08. The lowest BCUT2D eigenvalue weighted by Crippen LogP contribution is -2.19. The van der Waals surface area contributed by atoms with Gasteiger partial charge in [0.05, 0.1) is 6.61 Å². The molecule has 4 heteroatoms. The van der Waals surface area contributed by atoms with Crippen LogP contribution in [0.2, 0.25) is 0 Å². The van der Waals surface area contributed by atoms with Crippen LogP contribution in [0.4, 0.5) is 8.78 Å². The maximum Gasteiger partial charge on any atom is 0.129 e. The van der Waals surface area contributed by atoms with Crippen molar-refractivity contribution < 1.29 is 13.5 Å². The Labute approximate surface area is 113 Å². The van der Waals surface area contributed by atoms with Crippen LogP contribution < -0.4 is 5.32 Å². The van der Waals surface area contributed by atoms with Gasteiger partial charge in [0.15, 0.2) is 0 Å². The van der Waals surface area contributed by atoms with E-state index in [0.29, 0.717) is 18.6 Å². The second-order valence-corrected chi connectivity index (χ2v) is 4.49. The topological polar surface area (TPSA) is 21.3 Å². The van der Waals surface area contributed by atoms with E-state index in [2.05, 4.69) is 11.4 Å². The van der Waals surface area contributed by atoms with E-state index in [4.69, 9.17) is 4.74 Å². The number of allylic oxidation sites excluding steroid dienone is 1. The van der Waals surface area contributed by atoms with Gasteiger partial charge in [-0.3, -0.25) is 0 Å². The summed E-state index contributed by atoms with van der Waals surface area (Å²) in [6.45, 7) is 4.35. The van der Waals surface area contributed by atoms with Gasteiger partial charge in [-0.15, -0.1) is 0 Å². The third-order valence-corrected chi connectivity index (χ3v) is 2.78. The molecule has 106 valence electrons. The van der Waals surface area contributed by atoms with Crippen molar-refractivity contribution in [2.75, 3.05) is 26.8 Å². The van der Waals surface area contributed by atoms with Crippen LogP contribution in [0.3, 0.4) is 0 Å². The molecule has 0 radical (unpaired) electrons. The number of methoxy groups -OCH3 is 1. The maximum absolute atomic E-state index is 13.4. The van der Waals surface area contributed by atoms with Crippen molar-refractivity contribution >= 4 is 0 Å². The largest absolute Gasteiger partial charge is 0.383 e. The number of rotatable bonds is 8. The Bertz CT molecular complexity index is 419. The smallest absolute Gasteiger partial charge is 0.129 e. The van der Waals surface area contributed by atoms with Gasteiger partial charge in [0, 0.05) is 19.7 Å². The Morgan fingerprint density at radius 3 is 2.79 bits per heavy atom. The van der Waals surface area contributed by atoms with Gasteiger partial charge < -0.3 is 10.1 Å². The van der Waals surface area contributed by atoms with E-state index >= 15 is 0 Å². The minimum Gasteiger partial charge on any atom is -0.383 e. The molecule has 0 amide bonds. The van der Waals surface area contributed by atoms with Gasteiger partial charge in [0.1, 0.15) is 11.6 Å². The summed E-state index contributed by atoms with van der Waals surface area (Å²) < 4.78 is 31.1. The van der Waals surface area contributed by atoms with Crippen LogP contribution in [0, 0.1) is 11.6 Å². The molecule has 0 saturated carbocycles. The Morgan fingerprint density at radius 1 is 1.32 bits per heavy atom. The van der Waals surface area contributed by atoms with E-state index in [-0.39, 0.29) is 0 Å². The van der Waals surface area contributed by atoms with Crippen LogP contribution in [-0.2, 0) is 11.2 Å². The molecule has 2 nitrogen and oxygen atoms in total. The molecule has 0 unspecified atom stereocenters. The first kappa shape index (κ1) is 15.8. The minimum atomic E-state index is -0.537. The van der Waals surface area contributed by atoms with Crippen LogP contribution in [0.15, 0.2) is 29.8 Å². The number of hydrogen-bond donors (Lipinski definition) is 1. The zero-order valence-corrected chi connectivity index (χ0v) is 11.5. The fourth-order valence-electron chi connectivity index (χ4n) is 1.76. The van der Waals surface area contributed by atoms with Crippen LogP contribution in [0.1, 0.15) is 18.9 Å². The van der Waals surface area contributed by atoms with Crippen molar-refractivity contribution in [2.24, 2.45) is 0 Å². The van der Waals surface area contributed by atoms with Gasteiger partial charge >= 0.3 is 0 Å². The summed E-state index contributed by atoms with van der Waals surface area (Å²) in [6, 6.07) is 3.71. The van der Waals surface area contributed by atoms with Crippen LogP contribution in [-0.4, -0.2) is 26.8 Å². The monoisotopic (exact) mass is 269 g/mol. The SMILES string of the molecule is COCCNCCC=C(C)Cc1ccc(F)cc1F. The Balaban J connectivity index is 2.35. The highest BCUT2D eigenvalue weighted by Gasteiger charge is 2.03. The quantitative estimate of drug-likeness (QED) is 0.578. The summed E-state index contributed by atoms with van der Waals surface area (Å²) in [4.78, 5) is 0. The lowest BCUT2D eigenvalue weighted by molar-refractivity contribution is 0.199. The van der Waals surface area contributed by atoms with E-state index in [1.807, 2.05) is 6.92 Å². The van der Waals surface area contributed by atoms with E-state index in [9.17, 15) is 8.78 Å². The van der Waals surface area contributed by atoms with E-state index < -0.39 is 11.6 Å². The van der Waals surface area contributed by atoms with E-state index in [0.717, 1.165) is 31.1 Å². The highest BCUT2D eigenvalue weighted by atomic mass is 19.1. The van der Waals surface area contributed by atoms with Crippen molar-refractivity contribution in [1.82, 2.24) is 5.32 Å². The molecule has 0 saturated heterocycles. The molecule has 0 aliphatic heterocycles. The van der Waals surface area contributed by atoms with E-state index in [1.54, 1.807) is 7.11 Å². The molecular weight excluding hydrogens is 248 g/mol. The first-order chi connectivity index (χ1) is 9.13. The zero-order valence-electron chi connectivity index (χ0n) is 11.5. The van der Waals surface area contributed by atoms with Crippen LogP contribution >= 0.6 is 0 Å². The summed E-state index contributed by atoms with van der Waals surface area (Å²) in [7, 11) is 1.67. The average Bonchev–Trinajstić information content (AvgIpc) is 2.37. The van der Waals surface area contributed by atoms with Crippen LogP contribution in [0.25, 0.3) is 0 Å². The lowest BCUT2D eigenvalue weighted by atomic mass is 10.0. The second kappa shape index (κ2) is 8.77. The third kappa shape index (κ3) is 6.45. The zero-order chi connectivity index (χ0) is 14.1. The molecule has 0 spiro atoms. The molecule has 1 N–H and O–H groups in total. The van der Waals surface area contributed by atoms with Crippen molar-refractivity contribution in [3.8, 4) is 0 Å². The third-order valence-electron chi connectivity index (χ3n) is 2.78. The Morgan fingerprint density at radius 2 is 2.11 bits per heavy atom. The molecule has 19 heavy (non-hydrogen) atoms. The summed E-state index contributed by atoms with van der Waals surface area (Å²) in [5.41, 5.74) is 1.61. The summed E-state index contributed by atoms with van der Waals surface area (Å²) in [6.07, 6.45) is 3.48. The number of benzene rings is 1. The number of nitrogens with one attached hydrogen (secondary N) is 1. The molecule has 0 fully saturated rings. The number of halogens is 2. The lowest BCUT2D eigenvalue weighted by Gasteiger charge is -2.05. The summed E-state index contributed by atoms with van der Waals surface area (Å²) in [5.74, 6) is -1.02. The van der Waals surface area contributed by atoms with Gasteiger partial charge in [-0.05, 0) is 37.9 Å². The second-order valence-electron chi connectivity index (χ2n) is 4.49. The highest BCUT2D eigenvalue weighted by molar-refractivity contribution is 5.23. The Hall–Kier alpha value is -1.26. The van der Waals surface area contributed by atoms with Crippen LogP contribution in [0.5, 0.6) is 0 Å². The van der Waals surface area contributed by atoms with Crippen molar-refractivity contribution in [3.63, 3.8) is 0 Å². The molecular formula is C15H21F2NO. The average molecular weight is 269 g/mol. The maximum atomic E-state index is 13.4.